The average molecular weight is 374 g/mol. The molecule has 0 saturated heterocycles. The number of ether oxygens (including phenoxy) is 1. The van der Waals surface area contributed by atoms with Crippen LogP contribution in [0.1, 0.15) is 37.2 Å². The van der Waals surface area contributed by atoms with E-state index in [2.05, 4.69) is 4.98 Å². The second-order valence-corrected chi connectivity index (χ2v) is 7.75. The Balaban J connectivity index is 1.62. The lowest BCUT2D eigenvalue weighted by atomic mass is 10.2. The molecule has 0 saturated carbocycles. The zero-order chi connectivity index (χ0) is 17.6. The lowest BCUT2D eigenvalue weighted by Crippen LogP contribution is -2.20. The third-order valence-electron chi connectivity index (χ3n) is 4.23. The highest BCUT2D eigenvalue weighted by atomic mass is 32.1. The number of hydrogen-bond acceptors (Lipinski definition) is 7. The number of aromatic nitrogens is 2. The van der Waals surface area contributed by atoms with Crippen molar-refractivity contribution in [2.24, 2.45) is 0 Å². The molecule has 0 amide bonds. The van der Waals surface area contributed by atoms with Crippen LogP contribution in [0, 0.1) is 6.92 Å². The summed E-state index contributed by atoms with van der Waals surface area (Å²) in [6.45, 7) is 2.08. The minimum absolute atomic E-state index is 0.0973. The summed E-state index contributed by atoms with van der Waals surface area (Å²) in [5, 5.41) is 2.27. The molecule has 8 heteroatoms. The van der Waals surface area contributed by atoms with Crippen LogP contribution in [-0.4, -0.2) is 27.9 Å². The van der Waals surface area contributed by atoms with Gasteiger partial charge >= 0.3 is 5.97 Å². The van der Waals surface area contributed by atoms with Gasteiger partial charge in [0.1, 0.15) is 15.5 Å². The van der Waals surface area contributed by atoms with Gasteiger partial charge in [-0.2, -0.15) is 0 Å². The van der Waals surface area contributed by atoms with Crippen molar-refractivity contribution in [1.82, 2.24) is 9.55 Å². The molecule has 0 spiro atoms. The third-order valence-corrected chi connectivity index (χ3v) is 6.30. The Hall–Kier alpha value is -2.32. The number of carbonyl (C=O) groups excluding carboxylic acids is 2. The van der Waals surface area contributed by atoms with Crippen LogP contribution >= 0.6 is 22.7 Å². The zero-order valence-electron chi connectivity index (χ0n) is 13.4. The summed E-state index contributed by atoms with van der Waals surface area (Å²) >= 11 is 2.46. The Morgan fingerprint density at radius 1 is 1.40 bits per heavy atom. The molecule has 1 aliphatic rings. The monoisotopic (exact) mass is 374 g/mol. The number of rotatable bonds is 4. The van der Waals surface area contributed by atoms with Crippen molar-refractivity contribution in [2.75, 3.05) is 6.61 Å². The van der Waals surface area contributed by atoms with Crippen LogP contribution in [0.2, 0.25) is 0 Å². The van der Waals surface area contributed by atoms with Gasteiger partial charge in [0.25, 0.3) is 5.56 Å². The third kappa shape index (κ3) is 2.71. The number of aryl methyl sites for hydroxylation is 2. The van der Waals surface area contributed by atoms with E-state index in [-0.39, 0.29) is 17.9 Å². The molecule has 0 aliphatic carbocycles. The van der Waals surface area contributed by atoms with Crippen LogP contribution < -0.4 is 5.56 Å². The molecule has 0 fully saturated rings. The summed E-state index contributed by atoms with van der Waals surface area (Å²) in [5.74, 6) is -0.0548. The summed E-state index contributed by atoms with van der Waals surface area (Å²) in [6.07, 6.45) is 1.69. The normalized spacial score (nSPS) is 13.2. The van der Waals surface area contributed by atoms with E-state index in [4.69, 9.17) is 4.74 Å². The average Bonchev–Trinajstić information content (AvgIpc) is 3.32. The molecule has 1 aliphatic heterocycles. The summed E-state index contributed by atoms with van der Waals surface area (Å²) < 4.78 is 6.83. The van der Waals surface area contributed by atoms with Crippen LogP contribution in [0.25, 0.3) is 10.2 Å². The smallest absolute Gasteiger partial charge is 0.349 e. The Morgan fingerprint density at radius 3 is 3.00 bits per heavy atom. The van der Waals surface area contributed by atoms with E-state index in [1.807, 2.05) is 0 Å². The summed E-state index contributed by atoms with van der Waals surface area (Å²) in [5.41, 5.74) is 0.480. The van der Waals surface area contributed by atoms with Crippen molar-refractivity contribution >= 4 is 44.6 Å². The predicted octanol–water partition coefficient (Wildman–Crippen LogP) is 2.81. The Morgan fingerprint density at radius 2 is 2.24 bits per heavy atom. The minimum atomic E-state index is -0.588. The largest absolute Gasteiger partial charge is 0.453 e. The summed E-state index contributed by atoms with van der Waals surface area (Å²) in [6, 6.07) is 3.46. The van der Waals surface area contributed by atoms with Crippen molar-refractivity contribution in [2.45, 2.75) is 26.3 Å². The fourth-order valence-corrected chi connectivity index (χ4v) is 4.71. The molecule has 25 heavy (non-hydrogen) atoms. The minimum Gasteiger partial charge on any atom is -0.453 e. The highest BCUT2D eigenvalue weighted by Crippen LogP contribution is 2.29. The topological polar surface area (TPSA) is 78.3 Å². The van der Waals surface area contributed by atoms with Crippen LogP contribution in [0.4, 0.5) is 0 Å². The molecular weight excluding hydrogens is 360 g/mol. The standard InChI is InChI=1S/C17H14N2O4S2/c1-9-13-15(18-12-5-2-6-19(12)16(13)21)25-14(9)17(22)23-8-10(20)11-4-3-7-24-11/h3-4,7H,2,5-6,8H2,1H3. The number of hydrogen-bond donors (Lipinski definition) is 0. The quantitative estimate of drug-likeness (QED) is 0.518. The molecule has 0 bridgehead atoms. The maximum Gasteiger partial charge on any atom is 0.349 e. The predicted molar refractivity (Wildman–Crippen MR) is 95.9 cm³/mol. The highest BCUT2D eigenvalue weighted by molar-refractivity contribution is 7.20. The number of nitrogens with zero attached hydrogens (tertiary/aromatic N) is 2. The molecule has 0 N–H and O–H groups in total. The van der Waals surface area contributed by atoms with Gasteiger partial charge in [0.05, 0.1) is 10.3 Å². The van der Waals surface area contributed by atoms with Gasteiger partial charge in [0, 0.05) is 13.0 Å². The summed E-state index contributed by atoms with van der Waals surface area (Å²) in [4.78, 5) is 42.9. The molecule has 3 aromatic heterocycles. The van der Waals surface area contributed by atoms with Crippen LogP contribution in [0.3, 0.4) is 0 Å². The summed E-state index contributed by atoms with van der Waals surface area (Å²) in [7, 11) is 0. The first kappa shape index (κ1) is 16.2. The first-order valence-electron chi connectivity index (χ1n) is 7.83. The SMILES string of the molecule is Cc1c(C(=O)OCC(=O)c2cccs2)sc2nc3n(c(=O)c12)CCC3. The molecule has 6 nitrogen and oxygen atoms in total. The van der Waals surface area contributed by atoms with Gasteiger partial charge in [-0.1, -0.05) is 6.07 Å². The molecule has 0 radical (unpaired) electrons. The number of Topliss-reactive ketones (excluding diaryl/α,β-unsaturated/α-hetero) is 1. The van der Waals surface area contributed by atoms with E-state index in [0.717, 1.165) is 30.0 Å². The Labute approximate surface area is 150 Å². The van der Waals surface area contributed by atoms with E-state index in [9.17, 15) is 14.4 Å². The number of carbonyl (C=O) groups is 2. The molecule has 128 valence electrons. The first-order valence-corrected chi connectivity index (χ1v) is 9.52. The van der Waals surface area contributed by atoms with E-state index >= 15 is 0 Å². The fourth-order valence-electron chi connectivity index (χ4n) is 2.98. The van der Waals surface area contributed by atoms with E-state index in [1.165, 1.54) is 11.3 Å². The van der Waals surface area contributed by atoms with E-state index in [0.29, 0.717) is 32.1 Å². The number of esters is 1. The van der Waals surface area contributed by atoms with Gasteiger partial charge in [-0.05, 0) is 30.4 Å². The van der Waals surface area contributed by atoms with Crippen molar-refractivity contribution in [3.05, 3.63) is 49.0 Å². The van der Waals surface area contributed by atoms with Gasteiger partial charge in [0.2, 0.25) is 5.78 Å². The van der Waals surface area contributed by atoms with Gasteiger partial charge in [-0.15, -0.1) is 22.7 Å². The van der Waals surface area contributed by atoms with Gasteiger partial charge in [-0.3, -0.25) is 14.2 Å². The molecule has 4 rings (SSSR count). The van der Waals surface area contributed by atoms with Crippen molar-refractivity contribution < 1.29 is 14.3 Å². The van der Waals surface area contributed by atoms with Crippen molar-refractivity contribution in [3.63, 3.8) is 0 Å². The lowest BCUT2D eigenvalue weighted by molar-refractivity contribution is 0.0480. The second kappa shape index (κ2) is 6.20. The zero-order valence-corrected chi connectivity index (χ0v) is 15.0. The van der Waals surface area contributed by atoms with Crippen LogP contribution in [0.15, 0.2) is 22.3 Å². The lowest BCUT2D eigenvalue weighted by Gasteiger charge is -2.03. The Kier molecular flexibility index (Phi) is 4.01. The van der Waals surface area contributed by atoms with E-state index in [1.54, 1.807) is 29.0 Å². The van der Waals surface area contributed by atoms with Gasteiger partial charge < -0.3 is 4.74 Å². The van der Waals surface area contributed by atoms with Crippen molar-refractivity contribution in [3.8, 4) is 0 Å². The van der Waals surface area contributed by atoms with Crippen molar-refractivity contribution in [1.29, 1.82) is 0 Å². The molecule has 4 heterocycles. The molecule has 0 atom stereocenters. The van der Waals surface area contributed by atoms with Crippen LogP contribution in [0.5, 0.6) is 0 Å². The van der Waals surface area contributed by atoms with E-state index < -0.39 is 5.97 Å². The molecule has 0 aromatic carbocycles. The molecule has 0 unspecified atom stereocenters. The maximum atomic E-state index is 12.6. The number of thiophene rings is 2. The molecule has 3 aromatic rings. The first-order chi connectivity index (χ1) is 12.1. The number of fused-ring (bicyclic) bond motifs is 2. The Bertz CT molecular complexity index is 1050. The fraction of sp³-hybridized carbons (Fsp3) is 0.294. The maximum absolute atomic E-state index is 12.6. The van der Waals surface area contributed by atoms with Gasteiger partial charge in [-0.25, -0.2) is 9.78 Å². The number of ketones is 1. The molecular formula is C17H14N2O4S2. The highest BCUT2D eigenvalue weighted by Gasteiger charge is 2.24. The second-order valence-electron chi connectivity index (χ2n) is 5.80. The van der Waals surface area contributed by atoms with Crippen LogP contribution in [-0.2, 0) is 17.7 Å². The van der Waals surface area contributed by atoms with Gasteiger partial charge in [0.15, 0.2) is 6.61 Å².